The third-order valence-corrected chi connectivity index (χ3v) is 9.56. The van der Waals surface area contributed by atoms with Crippen LogP contribution in [0.25, 0.3) is 0 Å². The predicted molar refractivity (Wildman–Crippen MR) is 188 cm³/mol. The van der Waals surface area contributed by atoms with Crippen LogP contribution in [0.15, 0.2) is 77.8 Å². The number of nitrogens with zero attached hydrogens (tertiary/aromatic N) is 3. The number of hydrogen-bond donors (Lipinski definition) is 4. The van der Waals surface area contributed by atoms with Gasteiger partial charge >= 0.3 is 12.1 Å². The lowest BCUT2D eigenvalue weighted by atomic mass is 9.96. The van der Waals surface area contributed by atoms with E-state index in [4.69, 9.17) is 4.74 Å². The quantitative estimate of drug-likeness (QED) is 0.118. The molecule has 1 unspecified atom stereocenters. The molecule has 0 radical (unpaired) electrons. The Balaban J connectivity index is 1.40. The van der Waals surface area contributed by atoms with Crippen LogP contribution in [-0.4, -0.2) is 69.8 Å². The van der Waals surface area contributed by atoms with Crippen molar-refractivity contribution in [3.8, 4) is 0 Å². The summed E-state index contributed by atoms with van der Waals surface area (Å²) in [5.74, 6) is -0.200. The summed E-state index contributed by atoms with van der Waals surface area (Å²) in [6.45, 7) is 3.96. The number of aliphatic hydroxyl groups is 1. The van der Waals surface area contributed by atoms with E-state index < -0.39 is 30.7 Å². The Morgan fingerprint density at radius 1 is 0.896 bits per heavy atom. The first-order chi connectivity index (χ1) is 23.2. The van der Waals surface area contributed by atoms with Gasteiger partial charge in [-0.15, -0.1) is 22.7 Å². The molecule has 3 atom stereocenters. The van der Waals surface area contributed by atoms with Crippen molar-refractivity contribution in [2.24, 2.45) is 0 Å². The molecule has 2 heterocycles. The number of nitrogens with one attached hydrogen (secondary N) is 3. The van der Waals surface area contributed by atoms with Gasteiger partial charge in [0.2, 0.25) is 5.91 Å². The van der Waals surface area contributed by atoms with E-state index in [1.807, 2.05) is 66.0 Å². The molecule has 11 nitrogen and oxygen atoms in total. The molecule has 0 spiro atoms. The van der Waals surface area contributed by atoms with Crippen molar-refractivity contribution in [2.45, 2.75) is 76.7 Å². The smallest absolute Gasteiger partial charge is 0.407 e. The minimum absolute atomic E-state index is 0.132. The SMILES string of the molecule is CC(C)c1nc(CN(C)C(=O)N[C@@H](CO)C(=O)N[C@@H](CCC(Cc2ccccc2)NC(=O)OCc2cncs2)Cc2ccccc2)cs1. The molecule has 0 fully saturated rings. The van der Waals surface area contributed by atoms with E-state index in [-0.39, 0.29) is 25.2 Å². The number of carbonyl (C=O) groups excluding carboxylic acids is 3. The van der Waals surface area contributed by atoms with Gasteiger partial charge in [-0.1, -0.05) is 74.5 Å². The van der Waals surface area contributed by atoms with Crippen LogP contribution in [-0.2, 0) is 35.5 Å². The number of thiazole rings is 2. The minimum Gasteiger partial charge on any atom is -0.444 e. The van der Waals surface area contributed by atoms with Crippen LogP contribution in [0.4, 0.5) is 9.59 Å². The Labute approximate surface area is 289 Å². The molecule has 0 aliphatic heterocycles. The van der Waals surface area contributed by atoms with E-state index in [9.17, 15) is 19.5 Å². The second-order valence-corrected chi connectivity index (χ2v) is 13.8. The lowest BCUT2D eigenvalue weighted by molar-refractivity contribution is -0.124. The van der Waals surface area contributed by atoms with Crippen molar-refractivity contribution >= 4 is 40.7 Å². The molecule has 2 aromatic heterocycles. The maximum atomic E-state index is 13.5. The fourth-order valence-electron chi connectivity index (χ4n) is 5.04. The van der Waals surface area contributed by atoms with E-state index in [2.05, 4.69) is 39.8 Å². The van der Waals surface area contributed by atoms with E-state index in [0.717, 1.165) is 26.7 Å². The Hall–Kier alpha value is -4.33. The molecular formula is C35H44N6O5S2. The van der Waals surface area contributed by atoms with Crippen LogP contribution in [0.2, 0.25) is 0 Å². The maximum Gasteiger partial charge on any atom is 0.407 e. The third kappa shape index (κ3) is 12.0. The lowest BCUT2D eigenvalue weighted by Crippen LogP contribution is -2.54. The molecule has 2 aromatic carbocycles. The van der Waals surface area contributed by atoms with Crippen LogP contribution in [0, 0.1) is 0 Å². The molecule has 0 bridgehead atoms. The largest absolute Gasteiger partial charge is 0.444 e. The first-order valence-electron chi connectivity index (χ1n) is 16.0. The van der Waals surface area contributed by atoms with Gasteiger partial charge in [0.15, 0.2) is 0 Å². The van der Waals surface area contributed by atoms with Crippen molar-refractivity contribution in [3.63, 3.8) is 0 Å². The van der Waals surface area contributed by atoms with E-state index in [1.165, 1.54) is 16.2 Å². The van der Waals surface area contributed by atoms with Gasteiger partial charge in [0.05, 0.1) is 34.2 Å². The van der Waals surface area contributed by atoms with Gasteiger partial charge in [-0.05, 0) is 36.8 Å². The monoisotopic (exact) mass is 692 g/mol. The molecule has 4 aromatic rings. The van der Waals surface area contributed by atoms with Crippen LogP contribution in [0.1, 0.15) is 59.3 Å². The van der Waals surface area contributed by atoms with Gasteiger partial charge in [-0.25, -0.2) is 14.6 Å². The molecule has 0 aliphatic carbocycles. The Bertz CT molecular complexity index is 1550. The van der Waals surface area contributed by atoms with Crippen molar-refractivity contribution in [2.75, 3.05) is 13.7 Å². The first kappa shape index (κ1) is 36.5. The second kappa shape index (κ2) is 18.9. The highest BCUT2D eigenvalue weighted by Gasteiger charge is 2.26. The topological polar surface area (TPSA) is 146 Å². The van der Waals surface area contributed by atoms with Gasteiger partial charge in [0, 0.05) is 36.6 Å². The zero-order chi connectivity index (χ0) is 34.3. The summed E-state index contributed by atoms with van der Waals surface area (Å²) in [4.78, 5) is 50.1. The summed E-state index contributed by atoms with van der Waals surface area (Å²) >= 11 is 2.96. The predicted octanol–water partition coefficient (Wildman–Crippen LogP) is 5.27. The molecule has 4 rings (SSSR count). The highest BCUT2D eigenvalue weighted by Crippen LogP contribution is 2.20. The van der Waals surface area contributed by atoms with Crippen LogP contribution in [0.3, 0.4) is 0 Å². The van der Waals surface area contributed by atoms with Gasteiger partial charge in [-0.2, -0.15) is 0 Å². The minimum atomic E-state index is -1.15. The van der Waals surface area contributed by atoms with E-state index in [1.54, 1.807) is 30.1 Å². The summed E-state index contributed by atoms with van der Waals surface area (Å²) in [5.41, 5.74) is 4.53. The molecule has 0 saturated carbocycles. The molecule has 4 N–H and O–H groups in total. The number of alkyl carbamates (subject to hydrolysis) is 1. The summed E-state index contributed by atoms with van der Waals surface area (Å²) in [6, 6.07) is 17.4. The number of hydrogen-bond acceptors (Lipinski definition) is 9. The number of urea groups is 1. The van der Waals surface area contributed by atoms with Crippen molar-refractivity contribution < 1.29 is 24.2 Å². The van der Waals surface area contributed by atoms with Gasteiger partial charge in [-0.3, -0.25) is 9.78 Å². The summed E-state index contributed by atoms with van der Waals surface area (Å²) in [5, 5.41) is 21.7. The average Bonchev–Trinajstić information content (AvgIpc) is 3.79. The number of rotatable bonds is 17. The van der Waals surface area contributed by atoms with Gasteiger partial charge in [0.25, 0.3) is 0 Å². The summed E-state index contributed by atoms with van der Waals surface area (Å²) in [7, 11) is 1.62. The molecule has 0 aliphatic rings. The molecule has 48 heavy (non-hydrogen) atoms. The Morgan fingerprint density at radius 2 is 1.52 bits per heavy atom. The van der Waals surface area contributed by atoms with Gasteiger partial charge in [0.1, 0.15) is 12.6 Å². The first-order valence-corrected chi connectivity index (χ1v) is 17.7. The number of aliphatic hydroxyl groups excluding tert-OH is 1. The molecule has 13 heteroatoms. The standard InChI is InChI=1S/C35H44N6O5S2/c1-24(2)33-38-29(22-47-33)19-41(3)34(44)40-31(20-42)32(43)37-27(16-25-10-6-4-7-11-25)14-15-28(17-26-12-8-5-9-13-26)39-35(45)46-21-30-18-36-23-48-30/h4-13,18,22-24,27-28,31,42H,14-17,19-21H2,1-3H3,(H,37,43)(H,39,45)(H,40,44)/t27-,28?,31-/m0/s1. The maximum absolute atomic E-state index is 13.5. The molecule has 4 amide bonds. The normalized spacial score (nSPS) is 12.9. The number of ether oxygens (including phenoxy) is 1. The zero-order valence-electron chi connectivity index (χ0n) is 27.5. The molecule has 0 saturated heterocycles. The Morgan fingerprint density at radius 3 is 2.06 bits per heavy atom. The highest BCUT2D eigenvalue weighted by molar-refractivity contribution is 7.09. The summed E-state index contributed by atoms with van der Waals surface area (Å²) in [6.07, 6.45) is 3.28. The van der Waals surface area contributed by atoms with E-state index in [0.29, 0.717) is 31.6 Å². The van der Waals surface area contributed by atoms with Crippen molar-refractivity contribution in [1.29, 1.82) is 0 Å². The average molecular weight is 693 g/mol. The third-order valence-electron chi connectivity index (χ3n) is 7.62. The fourth-order valence-corrected chi connectivity index (χ4v) is 6.37. The zero-order valence-corrected chi connectivity index (χ0v) is 29.1. The van der Waals surface area contributed by atoms with Crippen LogP contribution < -0.4 is 16.0 Å². The number of benzene rings is 2. The molecular weight excluding hydrogens is 649 g/mol. The number of amides is 4. The van der Waals surface area contributed by atoms with E-state index >= 15 is 0 Å². The van der Waals surface area contributed by atoms with Crippen LogP contribution in [0.5, 0.6) is 0 Å². The fraction of sp³-hybridized carbons (Fsp3) is 0.400. The molecule has 256 valence electrons. The lowest BCUT2D eigenvalue weighted by Gasteiger charge is -2.26. The highest BCUT2D eigenvalue weighted by atomic mass is 32.1. The van der Waals surface area contributed by atoms with Crippen molar-refractivity contribution in [3.05, 3.63) is 104 Å². The van der Waals surface area contributed by atoms with Crippen molar-refractivity contribution in [1.82, 2.24) is 30.8 Å². The Kier molecular flexibility index (Phi) is 14.3. The summed E-state index contributed by atoms with van der Waals surface area (Å²) < 4.78 is 5.45. The van der Waals surface area contributed by atoms with Crippen LogP contribution >= 0.6 is 22.7 Å². The number of aromatic nitrogens is 2. The number of carbonyl (C=O) groups is 3. The second-order valence-electron chi connectivity index (χ2n) is 11.9. The van der Waals surface area contributed by atoms with Gasteiger partial charge < -0.3 is 30.7 Å².